The van der Waals surface area contributed by atoms with E-state index in [1.165, 1.54) is 24.7 Å². The van der Waals surface area contributed by atoms with Crippen molar-refractivity contribution in [3.8, 4) is 11.3 Å². The number of anilines is 1. The van der Waals surface area contributed by atoms with E-state index in [0.717, 1.165) is 30.6 Å². The number of aryl methyl sites for hydroxylation is 2. The number of nitrogens with zero attached hydrogens (tertiary/aromatic N) is 4. The molecule has 7 heteroatoms. The van der Waals surface area contributed by atoms with Crippen molar-refractivity contribution in [2.75, 3.05) is 11.9 Å². The second-order valence-corrected chi connectivity index (χ2v) is 6.66. The summed E-state index contributed by atoms with van der Waals surface area (Å²) in [5.41, 5.74) is 2.19. The van der Waals surface area contributed by atoms with Crippen molar-refractivity contribution in [2.45, 2.75) is 32.2 Å². The molecule has 0 spiro atoms. The van der Waals surface area contributed by atoms with E-state index in [9.17, 15) is 10.1 Å². The van der Waals surface area contributed by atoms with Crippen LogP contribution in [-0.2, 0) is 19.4 Å². The van der Waals surface area contributed by atoms with Crippen LogP contribution in [0.3, 0.4) is 0 Å². The molecule has 1 aromatic carbocycles. The quantitative estimate of drug-likeness (QED) is 0.531. The first-order valence-corrected chi connectivity index (χ1v) is 9.20. The molecule has 0 saturated heterocycles. The molecule has 3 heterocycles. The monoisotopic (exact) mass is 363 g/mol. The Balaban J connectivity index is 1.47. The van der Waals surface area contributed by atoms with Crippen LogP contribution in [0, 0.1) is 10.1 Å². The Kier molecular flexibility index (Phi) is 4.82. The van der Waals surface area contributed by atoms with Gasteiger partial charge in [-0.25, -0.2) is 9.97 Å². The highest BCUT2D eigenvalue weighted by molar-refractivity contribution is 5.71. The minimum atomic E-state index is -0.394. The summed E-state index contributed by atoms with van der Waals surface area (Å²) in [6, 6.07) is 12.4. The van der Waals surface area contributed by atoms with E-state index >= 15 is 0 Å². The van der Waals surface area contributed by atoms with Crippen molar-refractivity contribution in [3.05, 3.63) is 70.3 Å². The van der Waals surface area contributed by atoms with E-state index in [1.54, 1.807) is 6.07 Å². The van der Waals surface area contributed by atoms with Gasteiger partial charge in [0.05, 0.1) is 10.6 Å². The van der Waals surface area contributed by atoms with Crippen LogP contribution in [0.1, 0.15) is 24.4 Å². The van der Waals surface area contributed by atoms with Gasteiger partial charge in [0.2, 0.25) is 0 Å². The number of fused-ring (bicyclic) bond motifs is 1. The number of imidazole rings is 1. The zero-order valence-corrected chi connectivity index (χ0v) is 15.0. The van der Waals surface area contributed by atoms with Crippen molar-refractivity contribution in [3.63, 3.8) is 0 Å². The molecule has 0 radical (unpaired) electrons. The van der Waals surface area contributed by atoms with Gasteiger partial charge in [-0.3, -0.25) is 10.1 Å². The number of nitro groups is 1. The van der Waals surface area contributed by atoms with Gasteiger partial charge in [0.25, 0.3) is 5.69 Å². The van der Waals surface area contributed by atoms with Crippen LogP contribution < -0.4 is 5.32 Å². The summed E-state index contributed by atoms with van der Waals surface area (Å²) in [4.78, 5) is 20.1. The molecule has 138 valence electrons. The highest BCUT2D eigenvalue weighted by Crippen LogP contribution is 2.29. The molecule has 0 unspecified atom stereocenters. The first-order valence-electron chi connectivity index (χ1n) is 9.20. The Morgan fingerprint density at radius 2 is 1.96 bits per heavy atom. The fraction of sp³-hybridized carbons (Fsp3) is 0.300. The average Bonchev–Trinajstić information content (AvgIpc) is 3.11. The minimum Gasteiger partial charge on any atom is -0.370 e. The summed E-state index contributed by atoms with van der Waals surface area (Å²) < 4.78 is 2.25. The summed E-state index contributed by atoms with van der Waals surface area (Å²) in [5.74, 6) is 1.81. The molecule has 4 rings (SSSR count). The van der Waals surface area contributed by atoms with Gasteiger partial charge in [-0.15, -0.1) is 0 Å². The lowest BCUT2D eigenvalue weighted by atomic mass is 10.1. The van der Waals surface area contributed by atoms with E-state index in [4.69, 9.17) is 4.98 Å². The van der Waals surface area contributed by atoms with Gasteiger partial charge in [0.15, 0.2) is 5.69 Å². The molecule has 7 nitrogen and oxygen atoms in total. The number of benzene rings is 1. The summed E-state index contributed by atoms with van der Waals surface area (Å²) in [5, 5.41) is 14.6. The lowest BCUT2D eigenvalue weighted by Gasteiger charge is -2.11. The Bertz CT molecular complexity index is 929. The van der Waals surface area contributed by atoms with Gasteiger partial charge >= 0.3 is 0 Å². The number of hydrogen-bond acceptors (Lipinski definition) is 5. The fourth-order valence-electron chi connectivity index (χ4n) is 3.42. The van der Waals surface area contributed by atoms with E-state index in [1.807, 2.05) is 30.3 Å². The van der Waals surface area contributed by atoms with Gasteiger partial charge in [0, 0.05) is 43.8 Å². The number of pyridine rings is 1. The molecule has 0 amide bonds. The average molecular weight is 363 g/mol. The highest BCUT2D eigenvalue weighted by atomic mass is 16.6. The van der Waals surface area contributed by atoms with Crippen molar-refractivity contribution in [1.29, 1.82) is 0 Å². The van der Waals surface area contributed by atoms with Gasteiger partial charge in [-0.2, -0.15) is 0 Å². The Labute approximate surface area is 157 Å². The lowest BCUT2D eigenvalue weighted by molar-refractivity contribution is -0.384. The predicted octanol–water partition coefficient (Wildman–Crippen LogP) is 3.84. The molecule has 0 aliphatic carbocycles. The van der Waals surface area contributed by atoms with Crippen molar-refractivity contribution in [2.24, 2.45) is 0 Å². The molecule has 1 N–H and O–H groups in total. The van der Waals surface area contributed by atoms with Crippen molar-refractivity contribution < 1.29 is 4.92 Å². The number of rotatable bonds is 6. The van der Waals surface area contributed by atoms with Gasteiger partial charge in [-0.1, -0.05) is 30.3 Å². The van der Waals surface area contributed by atoms with Crippen LogP contribution in [0.25, 0.3) is 11.3 Å². The van der Waals surface area contributed by atoms with Gasteiger partial charge in [-0.05, 0) is 18.9 Å². The largest absolute Gasteiger partial charge is 0.370 e. The van der Waals surface area contributed by atoms with Gasteiger partial charge < -0.3 is 9.88 Å². The molecular formula is C20H21N5O2. The Morgan fingerprint density at radius 1 is 1.11 bits per heavy atom. The maximum absolute atomic E-state index is 11.3. The third-order valence-corrected chi connectivity index (χ3v) is 4.76. The van der Waals surface area contributed by atoms with Crippen molar-refractivity contribution >= 4 is 11.5 Å². The van der Waals surface area contributed by atoms with Crippen LogP contribution in [0.2, 0.25) is 0 Å². The molecular weight excluding hydrogens is 342 g/mol. The molecule has 0 saturated carbocycles. The highest BCUT2D eigenvalue weighted by Gasteiger charge is 2.17. The fourth-order valence-corrected chi connectivity index (χ4v) is 3.42. The second-order valence-electron chi connectivity index (χ2n) is 6.66. The minimum absolute atomic E-state index is 0.00789. The summed E-state index contributed by atoms with van der Waals surface area (Å²) in [6.07, 6.45) is 6.41. The summed E-state index contributed by atoms with van der Waals surface area (Å²) >= 11 is 0. The smallest absolute Gasteiger partial charge is 0.295 e. The third kappa shape index (κ3) is 3.81. The summed E-state index contributed by atoms with van der Waals surface area (Å²) in [7, 11) is 0. The van der Waals surface area contributed by atoms with Crippen LogP contribution in [0.4, 0.5) is 11.5 Å². The van der Waals surface area contributed by atoms with Crippen LogP contribution in [0.15, 0.2) is 48.7 Å². The normalized spacial score (nSPS) is 13.2. The topological polar surface area (TPSA) is 85.9 Å². The SMILES string of the molecule is O=[N+]([O-])c1ccc(NCCc2cn3c(n2)CCCC3)nc1-c1ccccc1. The molecule has 0 atom stereocenters. The first-order chi connectivity index (χ1) is 13.2. The van der Waals surface area contributed by atoms with E-state index in [2.05, 4.69) is 21.1 Å². The van der Waals surface area contributed by atoms with E-state index < -0.39 is 4.92 Å². The second kappa shape index (κ2) is 7.57. The molecule has 1 aliphatic rings. The molecule has 27 heavy (non-hydrogen) atoms. The zero-order valence-electron chi connectivity index (χ0n) is 15.0. The lowest BCUT2D eigenvalue weighted by Crippen LogP contribution is -2.08. The van der Waals surface area contributed by atoms with Crippen molar-refractivity contribution in [1.82, 2.24) is 14.5 Å². The molecule has 0 fully saturated rings. The first kappa shape index (κ1) is 17.2. The maximum Gasteiger partial charge on any atom is 0.295 e. The van der Waals surface area contributed by atoms with E-state index in [-0.39, 0.29) is 5.69 Å². The number of hydrogen-bond donors (Lipinski definition) is 1. The standard InChI is InChI=1S/C20H21N5O2/c26-25(27)17-9-10-18(23-20(17)15-6-2-1-3-7-15)21-12-11-16-14-24-13-5-4-8-19(24)22-16/h1-3,6-7,9-10,14H,4-5,8,11-13H2,(H,21,23). The Hall–Kier alpha value is -3.22. The zero-order chi connectivity index (χ0) is 18.6. The van der Waals surface area contributed by atoms with E-state index in [0.29, 0.717) is 18.1 Å². The summed E-state index contributed by atoms with van der Waals surface area (Å²) in [6.45, 7) is 1.73. The third-order valence-electron chi connectivity index (χ3n) is 4.76. The van der Waals surface area contributed by atoms with Crippen LogP contribution in [-0.4, -0.2) is 26.0 Å². The predicted molar refractivity (Wildman–Crippen MR) is 104 cm³/mol. The number of aromatic nitrogens is 3. The maximum atomic E-state index is 11.3. The molecule has 1 aliphatic heterocycles. The Morgan fingerprint density at radius 3 is 2.74 bits per heavy atom. The van der Waals surface area contributed by atoms with Crippen LogP contribution in [0.5, 0.6) is 0 Å². The van der Waals surface area contributed by atoms with Crippen LogP contribution >= 0.6 is 0 Å². The number of nitrogens with one attached hydrogen (secondary N) is 1. The molecule has 0 bridgehead atoms. The molecule has 3 aromatic rings. The van der Waals surface area contributed by atoms with Gasteiger partial charge in [0.1, 0.15) is 11.6 Å². The molecule has 2 aromatic heterocycles.